The number of aliphatic carboxylic acids is 1. The Hall–Kier alpha value is -1.48. The first kappa shape index (κ1) is 14.9. The average molecular weight is 299 g/mol. The molecule has 1 aliphatic rings. The predicted octanol–water partition coefficient (Wildman–Crippen LogP) is -0.448. The fourth-order valence-electron chi connectivity index (χ4n) is 2.01. The highest BCUT2D eigenvalue weighted by Crippen LogP contribution is 2.15. The van der Waals surface area contributed by atoms with Crippen molar-refractivity contribution in [1.82, 2.24) is 14.3 Å². The summed E-state index contributed by atoms with van der Waals surface area (Å²) in [5.41, 5.74) is 0.402. The quantitative estimate of drug-likeness (QED) is 0.684. The summed E-state index contributed by atoms with van der Waals surface area (Å²) in [6, 6.07) is 6.97. The van der Waals surface area contributed by atoms with Gasteiger partial charge in [0.2, 0.25) is 0 Å². The molecule has 1 saturated heterocycles. The molecule has 0 radical (unpaired) electrons. The zero-order valence-electron chi connectivity index (χ0n) is 10.8. The smallest absolute Gasteiger partial charge is 0.326 e. The van der Waals surface area contributed by atoms with E-state index in [-0.39, 0.29) is 0 Å². The van der Waals surface area contributed by atoms with Crippen LogP contribution in [-0.2, 0) is 15.0 Å². The van der Waals surface area contributed by atoms with Crippen LogP contribution in [0.2, 0.25) is 0 Å². The van der Waals surface area contributed by atoms with E-state index >= 15 is 0 Å². The van der Waals surface area contributed by atoms with Gasteiger partial charge in [0.25, 0.3) is 10.2 Å². The third-order valence-corrected chi connectivity index (χ3v) is 4.64. The van der Waals surface area contributed by atoms with Crippen molar-refractivity contribution < 1.29 is 18.3 Å². The lowest BCUT2D eigenvalue weighted by atomic mass is 10.1. The fraction of sp³-hybridized carbons (Fsp3) is 0.417. The molecule has 110 valence electrons. The summed E-state index contributed by atoms with van der Waals surface area (Å²) in [5, 5.41) is 12.3. The summed E-state index contributed by atoms with van der Waals surface area (Å²) in [4.78, 5) is 11.3. The molecule has 1 atom stereocenters. The summed E-state index contributed by atoms with van der Waals surface area (Å²) in [5.74, 6) is -1.23. The molecule has 0 spiro atoms. The van der Waals surface area contributed by atoms with Crippen LogP contribution in [0.3, 0.4) is 0 Å². The molecule has 2 rings (SSSR count). The first-order valence-corrected chi connectivity index (χ1v) is 7.70. The Morgan fingerprint density at radius 2 is 1.85 bits per heavy atom. The van der Waals surface area contributed by atoms with E-state index in [0.29, 0.717) is 31.7 Å². The summed E-state index contributed by atoms with van der Waals surface area (Å²) in [6.07, 6.45) is 0. The van der Waals surface area contributed by atoms with Gasteiger partial charge in [-0.2, -0.15) is 17.4 Å². The second-order valence-corrected chi connectivity index (χ2v) is 6.16. The van der Waals surface area contributed by atoms with Crippen LogP contribution >= 0.6 is 0 Å². The number of carboxylic acid groups (broad SMARTS) is 1. The van der Waals surface area contributed by atoms with Crippen LogP contribution in [0, 0.1) is 0 Å². The van der Waals surface area contributed by atoms with Gasteiger partial charge in [-0.3, -0.25) is 4.79 Å². The fourth-order valence-corrected chi connectivity index (χ4v) is 3.36. The molecule has 3 N–H and O–H groups in total. The first-order valence-electron chi connectivity index (χ1n) is 6.26. The van der Waals surface area contributed by atoms with Crippen LogP contribution < -0.4 is 10.0 Å². The molecule has 0 amide bonds. The summed E-state index contributed by atoms with van der Waals surface area (Å²) in [6.45, 7) is 1.78. The van der Waals surface area contributed by atoms with Gasteiger partial charge in [-0.1, -0.05) is 30.3 Å². The van der Waals surface area contributed by atoms with Gasteiger partial charge in [0, 0.05) is 26.2 Å². The number of nitrogens with zero attached hydrogens (tertiary/aromatic N) is 1. The number of benzene rings is 1. The van der Waals surface area contributed by atoms with Crippen LogP contribution in [0.4, 0.5) is 0 Å². The van der Waals surface area contributed by atoms with Gasteiger partial charge in [-0.15, -0.1) is 0 Å². The zero-order chi connectivity index (χ0) is 14.6. The molecule has 1 fully saturated rings. The lowest BCUT2D eigenvalue weighted by Gasteiger charge is -2.28. The van der Waals surface area contributed by atoms with Gasteiger partial charge in [-0.05, 0) is 5.56 Å². The van der Waals surface area contributed by atoms with E-state index in [1.807, 2.05) is 0 Å². The van der Waals surface area contributed by atoms with Gasteiger partial charge < -0.3 is 10.4 Å². The van der Waals surface area contributed by atoms with Gasteiger partial charge in [-0.25, -0.2) is 0 Å². The second-order valence-electron chi connectivity index (χ2n) is 4.45. The van der Waals surface area contributed by atoms with Crippen LogP contribution in [-0.4, -0.2) is 50.0 Å². The zero-order valence-corrected chi connectivity index (χ0v) is 11.6. The molecule has 20 heavy (non-hydrogen) atoms. The largest absolute Gasteiger partial charge is 0.480 e. The maximum atomic E-state index is 12.2. The number of piperazine rings is 1. The van der Waals surface area contributed by atoms with E-state index in [2.05, 4.69) is 10.0 Å². The molecule has 8 heteroatoms. The van der Waals surface area contributed by atoms with Crippen molar-refractivity contribution in [3.8, 4) is 0 Å². The van der Waals surface area contributed by atoms with Crippen molar-refractivity contribution in [3.63, 3.8) is 0 Å². The third kappa shape index (κ3) is 3.54. The highest BCUT2D eigenvalue weighted by Gasteiger charge is 2.30. The Bertz CT molecular complexity index is 555. The molecule has 1 aliphatic heterocycles. The molecule has 1 aromatic carbocycles. The maximum Gasteiger partial charge on any atom is 0.326 e. The number of rotatable bonds is 5. The number of hydrogen-bond donors (Lipinski definition) is 3. The van der Waals surface area contributed by atoms with Crippen LogP contribution in [0.1, 0.15) is 11.6 Å². The topological polar surface area (TPSA) is 98.7 Å². The Labute approximate surface area is 117 Å². The number of carbonyl (C=O) groups is 1. The molecular weight excluding hydrogens is 282 g/mol. The standard InChI is InChI=1S/C12H17N3O4S/c16-12(17)11(10-4-2-1-3-5-10)14-20(18,19)15-8-6-13-7-9-15/h1-5,11,13-14H,6-9H2,(H,16,17). The average Bonchev–Trinajstić information content (AvgIpc) is 2.46. The molecule has 1 aromatic rings. The molecule has 1 unspecified atom stereocenters. The molecule has 0 bridgehead atoms. The lowest BCUT2D eigenvalue weighted by Crippen LogP contribution is -2.51. The molecule has 0 saturated carbocycles. The second kappa shape index (κ2) is 6.31. The van der Waals surface area contributed by atoms with E-state index in [9.17, 15) is 18.3 Å². The number of hydrogen-bond acceptors (Lipinski definition) is 4. The van der Waals surface area contributed by atoms with Crippen molar-refractivity contribution in [2.75, 3.05) is 26.2 Å². The minimum absolute atomic E-state index is 0.330. The van der Waals surface area contributed by atoms with Crippen molar-refractivity contribution in [1.29, 1.82) is 0 Å². The molecule has 7 nitrogen and oxygen atoms in total. The van der Waals surface area contributed by atoms with E-state index in [1.54, 1.807) is 30.3 Å². The molecule has 0 aliphatic carbocycles. The van der Waals surface area contributed by atoms with Crippen LogP contribution in [0.25, 0.3) is 0 Å². The normalized spacial score (nSPS) is 18.6. The molecular formula is C12H17N3O4S. The van der Waals surface area contributed by atoms with E-state index in [1.165, 1.54) is 4.31 Å². The Kier molecular flexibility index (Phi) is 4.71. The number of nitrogens with one attached hydrogen (secondary N) is 2. The monoisotopic (exact) mass is 299 g/mol. The summed E-state index contributed by atoms with van der Waals surface area (Å²) in [7, 11) is -3.81. The Morgan fingerprint density at radius 1 is 1.25 bits per heavy atom. The van der Waals surface area contributed by atoms with Crippen molar-refractivity contribution >= 4 is 16.2 Å². The van der Waals surface area contributed by atoms with Crippen molar-refractivity contribution in [2.24, 2.45) is 0 Å². The van der Waals surface area contributed by atoms with Crippen LogP contribution in [0.5, 0.6) is 0 Å². The highest BCUT2D eigenvalue weighted by molar-refractivity contribution is 7.87. The Balaban J connectivity index is 2.18. The van der Waals surface area contributed by atoms with E-state index in [4.69, 9.17) is 0 Å². The molecule has 1 heterocycles. The summed E-state index contributed by atoms with van der Waals surface area (Å²) < 4.78 is 27.9. The molecule has 0 aromatic heterocycles. The third-order valence-electron chi connectivity index (χ3n) is 3.06. The van der Waals surface area contributed by atoms with Gasteiger partial charge >= 0.3 is 5.97 Å². The van der Waals surface area contributed by atoms with Crippen molar-refractivity contribution in [3.05, 3.63) is 35.9 Å². The predicted molar refractivity (Wildman–Crippen MR) is 73.3 cm³/mol. The maximum absolute atomic E-state index is 12.2. The number of carboxylic acids is 1. The SMILES string of the molecule is O=C(O)C(NS(=O)(=O)N1CCNCC1)c1ccccc1. The van der Waals surface area contributed by atoms with Gasteiger partial charge in [0.05, 0.1) is 0 Å². The van der Waals surface area contributed by atoms with E-state index in [0.717, 1.165) is 0 Å². The van der Waals surface area contributed by atoms with Crippen molar-refractivity contribution in [2.45, 2.75) is 6.04 Å². The highest BCUT2D eigenvalue weighted by atomic mass is 32.2. The van der Waals surface area contributed by atoms with Crippen LogP contribution in [0.15, 0.2) is 30.3 Å². The minimum atomic E-state index is -3.81. The first-order chi connectivity index (χ1) is 9.50. The minimum Gasteiger partial charge on any atom is -0.480 e. The lowest BCUT2D eigenvalue weighted by molar-refractivity contribution is -0.139. The summed E-state index contributed by atoms with van der Waals surface area (Å²) >= 11 is 0. The van der Waals surface area contributed by atoms with Gasteiger partial charge in [0.15, 0.2) is 0 Å². The van der Waals surface area contributed by atoms with E-state index < -0.39 is 22.2 Å². The van der Waals surface area contributed by atoms with Gasteiger partial charge in [0.1, 0.15) is 6.04 Å². The Morgan fingerprint density at radius 3 is 2.40 bits per heavy atom.